The van der Waals surface area contributed by atoms with Crippen molar-refractivity contribution in [3.8, 4) is 5.75 Å². The van der Waals surface area contributed by atoms with Gasteiger partial charge in [-0.1, -0.05) is 48.0 Å². The molecule has 1 saturated heterocycles. The Morgan fingerprint density at radius 3 is 2.52 bits per heavy atom. The summed E-state index contributed by atoms with van der Waals surface area (Å²) in [7, 11) is 0. The summed E-state index contributed by atoms with van der Waals surface area (Å²) in [6, 6.07) is 17.9. The average Bonchev–Trinajstić information content (AvgIpc) is 3.43. The van der Waals surface area contributed by atoms with Crippen LogP contribution in [-0.4, -0.2) is 30.0 Å². The van der Waals surface area contributed by atoms with Crippen molar-refractivity contribution in [2.75, 3.05) is 13.1 Å². The molecule has 2 aromatic rings. The van der Waals surface area contributed by atoms with E-state index in [2.05, 4.69) is 12.1 Å². The monoisotopic (exact) mass is 355 g/mol. The van der Waals surface area contributed by atoms with E-state index in [1.165, 1.54) is 5.56 Å². The number of carbonyl (C=O) groups is 1. The number of hydrogen-bond donors (Lipinski definition) is 0. The molecule has 0 radical (unpaired) electrons. The van der Waals surface area contributed by atoms with E-state index >= 15 is 0 Å². The number of nitrogens with zero attached hydrogens (tertiary/aromatic N) is 1. The normalized spacial score (nSPS) is 23.3. The van der Waals surface area contributed by atoms with Gasteiger partial charge in [-0.2, -0.15) is 0 Å². The minimum Gasteiger partial charge on any atom is -0.490 e. The maximum absolute atomic E-state index is 12.7. The van der Waals surface area contributed by atoms with Crippen LogP contribution >= 0.6 is 11.6 Å². The molecule has 3 nitrogen and oxygen atoms in total. The van der Waals surface area contributed by atoms with Gasteiger partial charge in [0.1, 0.15) is 11.9 Å². The predicted octanol–water partition coefficient (Wildman–Crippen LogP) is 4.51. The highest BCUT2D eigenvalue weighted by Crippen LogP contribution is 2.48. The van der Waals surface area contributed by atoms with Crippen molar-refractivity contribution in [2.45, 2.75) is 31.3 Å². The first-order valence-electron chi connectivity index (χ1n) is 8.96. The fourth-order valence-electron chi connectivity index (χ4n) is 3.70. The van der Waals surface area contributed by atoms with E-state index in [0.717, 1.165) is 38.1 Å². The van der Waals surface area contributed by atoms with Crippen LogP contribution in [0.25, 0.3) is 0 Å². The average molecular weight is 356 g/mol. The van der Waals surface area contributed by atoms with E-state index in [4.69, 9.17) is 16.3 Å². The standard InChI is InChI=1S/C21H22ClNO2/c22-16-7-4-8-18(13-16)25-17-9-11-23(12-10-17)21(24)20-14-19(20)15-5-2-1-3-6-15/h1-8,13,17,19-20H,9-12,14H2. The lowest BCUT2D eigenvalue weighted by molar-refractivity contribution is -0.134. The molecule has 1 saturated carbocycles. The van der Waals surface area contributed by atoms with Crippen molar-refractivity contribution in [3.63, 3.8) is 0 Å². The minimum absolute atomic E-state index is 0.159. The molecular formula is C21H22ClNO2. The molecule has 4 rings (SSSR count). The van der Waals surface area contributed by atoms with E-state index in [1.54, 1.807) is 0 Å². The molecule has 0 bridgehead atoms. The lowest BCUT2D eigenvalue weighted by Crippen LogP contribution is -2.42. The molecule has 1 amide bonds. The highest BCUT2D eigenvalue weighted by atomic mass is 35.5. The van der Waals surface area contributed by atoms with E-state index in [0.29, 0.717) is 16.8 Å². The van der Waals surface area contributed by atoms with Crippen LogP contribution in [0.4, 0.5) is 0 Å². The van der Waals surface area contributed by atoms with Crippen LogP contribution < -0.4 is 4.74 Å². The van der Waals surface area contributed by atoms with Crippen LogP contribution in [0, 0.1) is 5.92 Å². The summed E-state index contributed by atoms with van der Waals surface area (Å²) in [6.45, 7) is 1.56. The quantitative estimate of drug-likeness (QED) is 0.807. The maximum Gasteiger partial charge on any atom is 0.226 e. The molecule has 1 aliphatic heterocycles. The molecule has 25 heavy (non-hydrogen) atoms. The van der Waals surface area contributed by atoms with Crippen molar-refractivity contribution in [1.29, 1.82) is 0 Å². The Morgan fingerprint density at radius 2 is 1.80 bits per heavy atom. The first-order chi connectivity index (χ1) is 12.2. The fourth-order valence-corrected chi connectivity index (χ4v) is 3.88. The number of ether oxygens (including phenoxy) is 1. The van der Waals surface area contributed by atoms with Crippen molar-refractivity contribution in [2.24, 2.45) is 5.92 Å². The molecule has 130 valence electrons. The highest BCUT2D eigenvalue weighted by Gasteiger charge is 2.46. The van der Waals surface area contributed by atoms with Gasteiger partial charge in [-0.25, -0.2) is 0 Å². The van der Waals surface area contributed by atoms with E-state index in [1.807, 2.05) is 47.4 Å². The van der Waals surface area contributed by atoms with Crippen LogP contribution in [0.2, 0.25) is 5.02 Å². The largest absolute Gasteiger partial charge is 0.490 e. The maximum atomic E-state index is 12.7. The van der Waals surface area contributed by atoms with Crippen molar-refractivity contribution >= 4 is 17.5 Å². The zero-order valence-electron chi connectivity index (χ0n) is 14.1. The Balaban J connectivity index is 1.28. The Kier molecular flexibility index (Phi) is 4.67. The SMILES string of the molecule is O=C(C1CC1c1ccccc1)N1CCC(Oc2cccc(Cl)c2)CC1. The van der Waals surface area contributed by atoms with Crippen molar-refractivity contribution in [1.82, 2.24) is 4.90 Å². The molecule has 1 aliphatic carbocycles. The highest BCUT2D eigenvalue weighted by molar-refractivity contribution is 6.30. The second-order valence-corrected chi connectivity index (χ2v) is 7.40. The van der Waals surface area contributed by atoms with Gasteiger partial charge < -0.3 is 9.64 Å². The first-order valence-corrected chi connectivity index (χ1v) is 9.34. The number of rotatable bonds is 4. The minimum atomic E-state index is 0.159. The summed E-state index contributed by atoms with van der Waals surface area (Å²) in [6.07, 6.45) is 2.90. The van der Waals surface area contributed by atoms with Crippen molar-refractivity contribution in [3.05, 3.63) is 65.2 Å². The lowest BCUT2D eigenvalue weighted by atomic mass is 10.1. The number of carbonyl (C=O) groups excluding carboxylic acids is 1. The van der Waals surface area contributed by atoms with Crippen LogP contribution in [0.5, 0.6) is 5.75 Å². The lowest BCUT2D eigenvalue weighted by Gasteiger charge is -2.32. The fraction of sp³-hybridized carbons (Fsp3) is 0.381. The Morgan fingerprint density at radius 1 is 1.04 bits per heavy atom. The summed E-state index contributed by atoms with van der Waals surface area (Å²) in [4.78, 5) is 14.7. The van der Waals surface area contributed by atoms with Gasteiger partial charge >= 0.3 is 0 Å². The molecule has 1 heterocycles. The van der Waals surface area contributed by atoms with Crippen LogP contribution in [0.3, 0.4) is 0 Å². The second-order valence-electron chi connectivity index (χ2n) is 6.96. The Labute approximate surface area is 153 Å². The topological polar surface area (TPSA) is 29.5 Å². The smallest absolute Gasteiger partial charge is 0.226 e. The van der Waals surface area contributed by atoms with Crippen molar-refractivity contribution < 1.29 is 9.53 Å². The first kappa shape index (κ1) is 16.5. The summed E-state index contributed by atoms with van der Waals surface area (Å²) in [5.41, 5.74) is 1.29. The van der Waals surface area contributed by atoms with E-state index < -0.39 is 0 Å². The zero-order valence-corrected chi connectivity index (χ0v) is 14.9. The second kappa shape index (κ2) is 7.09. The summed E-state index contributed by atoms with van der Waals surface area (Å²) in [5.74, 6) is 1.71. The summed E-state index contributed by atoms with van der Waals surface area (Å²) < 4.78 is 6.01. The molecule has 0 spiro atoms. The molecule has 2 atom stereocenters. The van der Waals surface area contributed by atoms with Crippen LogP contribution in [-0.2, 0) is 4.79 Å². The third kappa shape index (κ3) is 3.82. The molecule has 2 unspecified atom stereocenters. The van der Waals surface area contributed by atoms with Gasteiger partial charge in [-0.15, -0.1) is 0 Å². The van der Waals surface area contributed by atoms with Gasteiger partial charge in [-0.3, -0.25) is 4.79 Å². The number of piperidine rings is 1. The molecule has 4 heteroatoms. The third-order valence-corrected chi connectivity index (χ3v) is 5.42. The van der Waals surface area contributed by atoms with Crippen LogP contribution in [0.15, 0.2) is 54.6 Å². The zero-order chi connectivity index (χ0) is 17.2. The summed E-state index contributed by atoms with van der Waals surface area (Å²) in [5, 5.41) is 0.686. The number of amides is 1. The van der Waals surface area contributed by atoms with Gasteiger partial charge in [0, 0.05) is 36.9 Å². The predicted molar refractivity (Wildman–Crippen MR) is 99.0 cm³/mol. The number of likely N-dealkylation sites (tertiary alicyclic amines) is 1. The molecule has 2 aromatic carbocycles. The van der Waals surface area contributed by atoms with Gasteiger partial charge in [0.15, 0.2) is 0 Å². The number of halogens is 1. The van der Waals surface area contributed by atoms with Gasteiger partial charge in [0.05, 0.1) is 0 Å². The Bertz CT molecular complexity index is 741. The molecular weight excluding hydrogens is 334 g/mol. The Hall–Kier alpha value is -2.00. The molecule has 0 N–H and O–H groups in total. The summed E-state index contributed by atoms with van der Waals surface area (Å²) >= 11 is 6.00. The van der Waals surface area contributed by atoms with E-state index in [-0.39, 0.29) is 12.0 Å². The molecule has 2 aliphatic rings. The van der Waals surface area contributed by atoms with E-state index in [9.17, 15) is 4.79 Å². The van der Waals surface area contributed by atoms with Gasteiger partial charge in [-0.05, 0) is 36.1 Å². The van der Waals surface area contributed by atoms with Gasteiger partial charge in [0.2, 0.25) is 5.91 Å². The third-order valence-electron chi connectivity index (χ3n) is 5.19. The molecule has 2 fully saturated rings. The number of benzene rings is 2. The molecule has 0 aromatic heterocycles. The number of hydrogen-bond acceptors (Lipinski definition) is 2. The van der Waals surface area contributed by atoms with Crippen LogP contribution in [0.1, 0.15) is 30.7 Å². The van der Waals surface area contributed by atoms with Gasteiger partial charge in [0.25, 0.3) is 0 Å².